The lowest BCUT2D eigenvalue weighted by atomic mass is 10.1. The number of anilines is 3. The van der Waals surface area contributed by atoms with Gasteiger partial charge in [0.05, 0.1) is 11.9 Å². The van der Waals surface area contributed by atoms with Crippen LogP contribution in [0.5, 0.6) is 0 Å². The number of nitrogens with zero attached hydrogens (tertiary/aromatic N) is 2. The average molecular weight is 427 g/mol. The van der Waals surface area contributed by atoms with Gasteiger partial charge in [-0.25, -0.2) is 15.4 Å². The zero-order valence-electron chi connectivity index (χ0n) is 17.3. The van der Waals surface area contributed by atoms with E-state index < -0.39 is 5.91 Å². The molecule has 160 valence electrons. The molecule has 0 bridgehead atoms. The van der Waals surface area contributed by atoms with Gasteiger partial charge in [0.15, 0.2) is 0 Å². The summed E-state index contributed by atoms with van der Waals surface area (Å²) in [5.41, 5.74) is 6.07. The third-order valence-electron chi connectivity index (χ3n) is 4.92. The first-order chi connectivity index (χ1) is 15.5. The Kier molecular flexibility index (Phi) is 6.05. The molecule has 1 aromatic heterocycles. The van der Waals surface area contributed by atoms with Gasteiger partial charge in [-0.15, -0.1) is 0 Å². The molecule has 0 aliphatic heterocycles. The van der Waals surface area contributed by atoms with Gasteiger partial charge in [0, 0.05) is 22.3 Å². The normalized spacial score (nSPS) is 10.6. The van der Waals surface area contributed by atoms with Crippen LogP contribution in [0.2, 0.25) is 0 Å². The predicted molar refractivity (Wildman–Crippen MR) is 122 cm³/mol. The van der Waals surface area contributed by atoms with Gasteiger partial charge < -0.3 is 10.6 Å². The Labute approximate surface area is 184 Å². The number of hydrogen-bond donors (Lipinski definition) is 4. The van der Waals surface area contributed by atoms with Crippen LogP contribution in [0.3, 0.4) is 0 Å². The summed E-state index contributed by atoms with van der Waals surface area (Å²) in [4.78, 5) is 32.6. The third kappa shape index (κ3) is 4.88. The van der Waals surface area contributed by atoms with Crippen molar-refractivity contribution in [3.63, 3.8) is 0 Å². The van der Waals surface area contributed by atoms with Gasteiger partial charge in [-0.05, 0) is 55.0 Å². The van der Waals surface area contributed by atoms with Crippen molar-refractivity contribution in [1.82, 2.24) is 15.4 Å². The highest BCUT2D eigenvalue weighted by Gasteiger charge is 2.10. The van der Waals surface area contributed by atoms with Crippen molar-refractivity contribution in [2.45, 2.75) is 13.3 Å². The third-order valence-corrected chi connectivity index (χ3v) is 4.92. The molecule has 0 saturated heterocycles. The number of aromatic nitrogens is 2. The summed E-state index contributed by atoms with van der Waals surface area (Å²) in [7, 11) is 0. The first-order valence-corrected chi connectivity index (χ1v) is 9.93. The summed E-state index contributed by atoms with van der Waals surface area (Å²) >= 11 is 0. The lowest BCUT2D eigenvalue weighted by Crippen LogP contribution is -2.18. The summed E-state index contributed by atoms with van der Waals surface area (Å²) in [6, 6.07) is 19.9. The number of carbonyl (C=O) groups is 2. The van der Waals surface area contributed by atoms with E-state index >= 15 is 0 Å². The molecule has 0 fully saturated rings. The second-order valence-corrected chi connectivity index (χ2v) is 7.31. The minimum absolute atomic E-state index is 0.138. The quantitative estimate of drug-likeness (QED) is 0.273. The van der Waals surface area contributed by atoms with Crippen LogP contribution < -0.4 is 16.1 Å². The van der Waals surface area contributed by atoms with E-state index in [1.165, 1.54) is 11.9 Å². The van der Waals surface area contributed by atoms with Crippen LogP contribution in [-0.2, 0) is 11.2 Å². The number of aryl methyl sites for hydroxylation is 1. The summed E-state index contributed by atoms with van der Waals surface area (Å²) in [6.07, 6.45) is 1.64. The molecule has 4 N–H and O–H groups in total. The number of carbonyl (C=O) groups excluding carboxylic acids is 2. The fraction of sp³-hybridized carbons (Fsp3) is 0.0833. The Morgan fingerprint density at radius 3 is 2.34 bits per heavy atom. The molecule has 32 heavy (non-hydrogen) atoms. The summed E-state index contributed by atoms with van der Waals surface area (Å²) in [5.74, 6) is -0.157. The second-order valence-electron chi connectivity index (χ2n) is 7.31. The monoisotopic (exact) mass is 427 g/mol. The summed E-state index contributed by atoms with van der Waals surface area (Å²) < 4.78 is 0. The van der Waals surface area contributed by atoms with Crippen LogP contribution in [0, 0.1) is 6.92 Å². The van der Waals surface area contributed by atoms with Gasteiger partial charge in [0.25, 0.3) is 5.91 Å². The molecule has 2 amide bonds. The molecule has 0 aliphatic carbocycles. The number of nitrogens with one attached hydrogen (secondary N) is 3. The largest absolute Gasteiger partial charge is 0.340 e. The molecule has 0 aliphatic rings. The van der Waals surface area contributed by atoms with E-state index in [1.54, 1.807) is 35.8 Å². The molecular weight excluding hydrogens is 406 g/mol. The number of hydrogen-bond acceptors (Lipinski definition) is 6. The molecule has 0 atom stereocenters. The van der Waals surface area contributed by atoms with Crippen molar-refractivity contribution in [1.29, 1.82) is 0 Å². The smallest absolute Gasteiger partial charge is 0.274 e. The number of hydroxylamine groups is 1. The van der Waals surface area contributed by atoms with Crippen LogP contribution in [0.15, 0.2) is 73.1 Å². The van der Waals surface area contributed by atoms with E-state index in [-0.39, 0.29) is 12.3 Å². The van der Waals surface area contributed by atoms with Crippen molar-refractivity contribution in [2.24, 2.45) is 0 Å². The predicted octanol–water partition coefficient (Wildman–Crippen LogP) is 3.98. The second kappa shape index (κ2) is 9.23. The minimum Gasteiger partial charge on any atom is -0.340 e. The molecule has 4 rings (SSSR count). The van der Waals surface area contributed by atoms with Gasteiger partial charge in [-0.1, -0.05) is 29.8 Å². The zero-order valence-corrected chi connectivity index (χ0v) is 17.3. The Morgan fingerprint density at radius 1 is 0.906 bits per heavy atom. The molecular formula is C24H21N5O3. The van der Waals surface area contributed by atoms with E-state index in [0.717, 1.165) is 22.2 Å². The topological polar surface area (TPSA) is 116 Å². The number of fused-ring (bicyclic) bond motifs is 1. The number of benzene rings is 3. The summed E-state index contributed by atoms with van der Waals surface area (Å²) in [6.45, 7) is 2.03. The van der Waals surface area contributed by atoms with Crippen LogP contribution in [0.4, 0.5) is 17.2 Å². The van der Waals surface area contributed by atoms with Gasteiger partial charge in [0.1, 0.15) is 12.1 Å². The van der Waals surface area contributed by atoms with E-state index in [4.69, 9.17) is 5.21 Å². The molecule has 0 spiro atoms. The standard InChI is InChI=1S/C24H21N5O3/c1-15-2-8-18(9-3-15)28-23-20-13-19(10-11-21(20)25-14-26-23)27-22(30)12-16-4-6-17(7-5-16)24(31)29-32/h2-11,13-14,32H,12H2,1H3,(H,27,30)(H,29,31)(H,25,26,28). The maximum Gasteiger partial charge on any atom is 0.274 e. The van der Waals surface area contributed by atoms with E-state index in [0.29, 0.717) is 17.1 Å². The Balaban J connectivity index is 1.50. The lowest BCUT2D eigenvalue weighted by molar-refractivity contribution is -0.115. The zero-order chi connectivity index (χ0) is 22.5. The number of amides is 2. The first-order valence-electron chi connectivity index (χ1n) is 9.93. The molecule has 0 saturated carbocycles. The highest BCUT2D eigenvalue weighted by Crippen LogP contribution is 2.26. The van der Waals surface area contributed by atoms with Crippen molar-refractivity contribution < 1.29 is 14.8 Å². The van der Waals surface area contributed by atoms with Crippen LogP contribution >= 0.6 is 0 Å². The van der Waals surface area contributed by atoms with Gasteiger partial charge >= 0.3 is 0 Å². The molecule has 8 heteroatoms. The molecule has 8 nitrogen and oxygen atoms in total. The van der Waals surface area contributed by atoms with Crippen molar-refractivity contribution in [3.05, 3.63) is 89.7 Å². The van der Waals surface area contributed by atoms with Gasteiger partial charge in [0.2, 0.25) is 5.91 Å². The molecule has 1 heterocycles. The van der Waals surface area contributed by atoms with Crippen molar-refractivity contribution >= 4 is 39.9 Å². The van der Waals surface area contributed by atoms with Crippen LogP contribution in [0.1, 0.15) is 21.5 Å². The van der Waals surface area contributed by atoms with E-state index in [2.05, 4.69) is 20.6 Å². The molecule has 4 aromatic rings. The van der Waals surface area contributed by atoms with Crippen LogP contribution in [-0.4, -0.2) is 27.0 Å². The van der Waals surface area contributed by atoms with Crippen molar-refractivity contribution in [2.75, 3.05) is 10.6 Å². The van der Waals surface area contributed by atoms with Gasteiger partial charge in [-0.3, -0.25) is 14.8 Å². The van der Waals surface area contributed by atoms with Crippen molar-refractivity contribution in [3.8, 4) is 0 Å². The Bertz CT molecular complexity index is 1270. The molecule has 0 radical (unpaired) electrons. The Hall–Kier alpha value is -4.30. The highest BCUT2D eigenvalue weighted by atomic mass is 16.5. The SMILES string of the molecule is Cc1ccc(Nc2ncnc3ccc(NC(=O)Cc4ccc(C(=O)NO)cc4)cc23)cc1. The summed E-state index contributed by atoms with van der Waals surface area (Å²) in [5, 5.41) is 15.6. The highest BCUT2D eigenvalue weighted by molar-refractivity contribution is 5.98. The fourth-order valence-corrected chi connectivity index (χ4v) is 3.24. The van der Waals surface area contributed by atoms with E-state index in [9.17, 15) is 9.59 Å². The Morgan fingerprint density at radius 2 is 1.62 bits per heavy atom. The van der Waals surface area contributed by atoms with Gasteiger partial charge in [-0.2, -0.15) is 0 Å². The number of rotatable bonds is 6. The molecule has 3 aromatic carbocycles. The average Bonchev–Trinajstić information content (AvgIpc) is 2.81. The van der Waals surface area contributed by atoms with E-state index in [1.807, 2.05) is 43.3 Å². The molecule has 0 unspecified atom stereocenters. The van der Waals surface area contributed by atoms with Crippen LogP contribution in [0.25, 0.3) is 10.9 Å². The minimum atomic E-state index is -0.602. The fourth-order valence-electron chi connectivity index (χ4n) is 3.24. The maximum absolute atomic E-state index is 12.5. The first kappa shape index (κ1) is 21.0. The lowest BCUT2D eigenvalue weighted by Gasteiger charge is -2.11. The maximum atomic E-state index is 12.5.